The van der Waals surface area contributed by atoms with Crippen molar-refractivity contribution in [2.45, 2.75) is 82.8 Å². The number of aliphatic hydroxyl groups is 1. The van der Waals surface area contributed by atoms with Crippen molar-refractivity contribution in [3.8, 4) is 0 Å². The van der Waals surface area contributed by atoms with Crippen LogP contribution in [0.3, 0.4) is 0 Å². The normalized spacial score (nSPS) is 37.7. The van der Waals surface area contributed by atoms with E-state index < -0.39 is 31.4 Å². The van der Waals surface area contributed by atoms with Crippen LogP contribution < -0.4 is 0 Å². The van der Waals surface area contributed by atoms with Gasteiger partial charge in [0.15, 0.2) is 14.1 Å². The van der Waals surface area contributed by atoms with E-state index in [2.05, 4.69) is 40.8 Å². The summed E-state index contributed by atoms with van der Waals surface area (Å²) in [6, 6.07) is 10.0. The molecule has 170 valence electrons. The van der Waals surface area contributed by atoms with Crippen LogP contribution in [0.25, 0.3) is 0 Å². The fourth-order valence-corrected chi connectivity index (χ4v) is 6.58. The minimum Gasteiger partial charge on any atom is -0.413 e. The van der Waals surface area contributed by atoms with Gasteiger partial charge < -0.3 is 19.0 Å². The van der Waals surface area contributed by atoms with E-state index in [1.54, 1.807) is 0 Å². The van der Waals surface area contributed by atoms with Gasteiger partial charge in [0.25, 0.3) is 0 Å². The summed E-state index contributed by atoms with van der Waals surface area (Å²) in [7, 11) is -2.07. The number of hydrogen-bond acceptors (Lipinski definition) is 5. The predicted octanol–water partition coefficient (Wildman–Crippen LogP) is 4.26. The lowest BCUT2D eigenvalue weighted by atomic mass is 9.52. The molecular formula is C25H36O5Si. The van der Waals surface area contributed by atoms with Crippen LogP contribution in [0.2, 0.25) is 18.1 Å². The Morgan fingerprint density at radius 2 is 1.90 bits per heavy atom. The molecule has 0 spiro atoms. The van der Waals surface area contributed by atoms with E-state index in [0.29, 0.717) is 19.6 Å². The molecule has 0 unspecified atom stereocenters. The average molecular weight is 445 g/mol. The van der Waals surface area contributed by atoms with Crippen LogP contribution in [0.15, 0.2) is 42.5 Å². The molecule has 1 aliphatic heterocycles. The van der Waals surface area contributed by atoms with Crippen LogP contribution in [0.5, 0.6) is 0 Å². The third kappa shape index (κ3) is 3.66. The molecule has 1 N–H and O–H groups in total. The quantitative estimate of drug-likeness (QED) is 0.688. The predicted molar refractivity (Wildman–Crippen MR) is 122 cm³/mol. The third-order valence-corrected chi connectivity index (χ3v) is 12.7. The third-order valence-electron chi connectivity index (χ3n) is 8.18. The molecule has 1 saturated carbocycles. The maximum Gasteiger partial charge on any atom is 0.192 e. The first-order valence-electron chi connectivity index (χ1n) is 11.3. The first-order valence-corrected chi connectivity index (χ1v) is 14.2. The van der Waals surface area contributed by atoms with E-state index in [-0.39, 0.29) is 23.0 Å². The molecule has 1 heterocycles. The van der Waals surface area contributed by atoms with Crippen LogP contribution in [0, 0.1) is 11.3 Å². The summed E-state index contributed by atoms with van der Waals surface area (Å²) in [5.41, 5.74) is -0.145. The maximum atomic E-state index is 12.6. The van der Waals surface area contributed by atoms with Crippen LogP contribution in [-0.4, -0.2) is 49.7 Å². The zero-order valence-corrected chi connectivity index (χ0v) is 20.6. The Morgan fingerprint density at radius 3 is 2.48 bits per heavy atom. The Balaban J connectivity index is 1.68. The highest BCUT2D eigenvalue weighted by atomic mass is 28.4. The molecule has 0 bridgehead atoms. The van der Waals surface area contributed by atoms with Gasteiger partial charge in [-0.25, -0.2) is 0 Å². The standard InChI is InChI=1S/C25H36O5Si/c1-23(2,3)31(5,6)30-19-14-20-25(16-28-20,29-15-17-10-8-7-9-11-17)22-21(27)18(26)12-13-24(19,22)4/h7-13,19-22,27H,14-16H2,1-6H3/t19-,20+,21+,22-,24+,25-/m0/s1. The van der Waals surface area contributed by atoms with Gasteiger partial charge in [-0.3, -0.25) is 4.79 Å². The number of carbonyl (C=O) groups excluding carboxylic acids is 1. The lowest BCUT2D eigenvalue weighted by molar-refractivity contribution is -0.341. The lowest BCUT2D eigenvalue weighted by Crippen LogP contribution is -2.76. The second-order valence-electron chi connectivity index (χ2n) is 11.2. The lowest BCUT2D eigenvalue weighted by Gasteiger charge is -2.65. The summed E-state index contributed by atoms with van der Waals surface area (Å²) in [5.74, 6) is -0.674. The molecule has 3 aliphatic rings. The summed E-state index contributed by atoms with van der Waals surface area (Å²) in [4.78, 5) is 12.6. The van der Waals surface area contributed by atoms with E-state index >= 15 is 0 Å². The van der Waals surface area contributed by atoms with Crippen molar-refractivity contribution in [2.24, 2.45) is 11.3 Å². The Hall–Kier alpha value is -1.31. The largest absolute Gasteiger partial charge is 0.413 e. The van der Waals surface area contributed by atoms with Crippen LogP contribution in [-0.2, 0) is 25.3 Å². The summed E-state index contributed by atoms with van der Waals surface area (Å²) in [6.07, 6.45) is 2.73. The molecule has 6 atom stereocenters. The average Bonchev–Trinajstić information content (AvgIpc) is 2.68. The Morgan fingerprint density at radius 1 is 1.23 bits per heavy atom. The maximum absolute atomic E-state index is 12.6. The molecular weight excluding hydrogens is 408 g/mol. The summed E-state index contributed by atoms with van der Waals surface area (Å²) in [5, 5.41) is 11.2. The zero-order valence-electron chi connectivity index (χ0n) is 19.6. The molecule has 5 nitrogen and oxygen atoms in total. The Bertz CT molecular complexity index is 860. The van der Waals surface area contributed by atoms with E-state index in [1.807, 2.05) is 36.4 Å². The van der Waals surface area contributed by atoms with Gasteiger partial charge in [0.2, 0.25) is 0 Å². The fraction of sp³-hybridized carbons (Fsp3) is 0.640. The van der Waals surface area contributed by atoms with Crippen molar-refractivity contribution >= 4 is 14.1 Å². The van der Waals surface area contributed by atoms with Crippen molar-refractivity contribution < 1.29 is 23.8 Å². The zero-order chi connectivity index (χ0) is 22.7. The molecule has 2 fully saturated rings. The van der Waals surface area contributed by atoms with Gasteiger partial charge in [0.1, 0.15) is 11.7 Å². The topological polar surface area (TPSA) is 65.0 Å². The number of ketones is 1. The molecule has 0 aromatic heterocycles. The molecule has 6 heteroatoms. The molecule has 31 heavy (non-hydrogen) atoms. The number of aliphatic hydroxyl groups excluding tert-OH is 1. The monoisotopic (exact) mass is 444 g/mol. The minimum absolute atomic E-state index is 0.0600. The molecule has 1 aromatic rings. The van der Waals surface area contributed by atoms with Crippen LogP contribution in [0.1, 0.15) is 39.7 Å². The van der Waals surface area contributed by atoms with Crippen molar-refractivity contribution in [1.82, 2.24) is 0 Å². The number of benzene rings is 1. The molecule has 1 aromatic carbocycles. The number of fused-ring (bicyclic) bond motifs is 3. The highest BCUT2D eigenvalue weighted by Gasteiger charge is 2.69. The molecule has 4 rings (SSSR count). The van der Waals surface area contributed by atoms with Gasteiger partial charge in [-0.2, -0.15) is 0 Å². The first kappa shape index (κ1) is 22.9. The highest BCUT2D eigenvalue weighted by molar-refractivity contribution is 6.74. The summed E-state index contributed by atoms with van der Waals surface area (Å²) >= 11 is 0. The highest BCUT2D eigenvalue weighted by Crippen LogP contribution is 2.59. The van der Waals surface area contributed by atoms with Crippen molar-refractivity contribution in [3.63, 3.8) is 0 Å². The van der Waals surface area contributed by atoms with Gasteiger partial charge in [-0.1, -0.05) is 64.1 Å². The Kier molecular flexibility index (Phi) is 5.63. The second kappa shape index (κ2) is 7.63. The van der Waals surface area contributed by atoms with E-state index in [9.17, 15) is 9.90 Å². The fourth-order valence-electron chi connectivity index (χ4n) is 5.16. The smallest absolute Gasteiger partial charge is 0.192 e. The van der Waals surface area contributed by atoms with E-state index in [1.165, 1.54) is 6.08 Å². The van der Waals surface area contributed by atoms with E-state index in [4.69, 9.17) is 13.9 Å². The molecule has 0 radical (unpaired) electrons. The van der Waals surface area contributed by atoms with Crippen molar-refractivity contribution in [1.29, 1.82) is 0 Å². The second-order valence-corrected chi connectivity index (χ2v) is 15.9. The van der Waals surface area contributed by atoms with E-state index in [0.717, 1.165) is 5.56 Å². The number of hydrogen-bond donors (Lipinski definition) is 1. The van der Waals surface area contributed by atoms with Gasteiger partial charge in [0, 0.05) is 17.8 Å². The Labute approximate surface area is 186 Å². The number of carbonyl (C=O) groups is 1. The van der Waals surface area contributed by atoms with Crippen molar-refractivity contribution in [2.75, 3.05) is 6.61 Å². The SMILES string of the molecule is CC(C)(C)[Si](C)(C)O[C@H]1C[C@H]2OC[C@@]2(OCc2ccccc2)[C@H]2[C@H](O)C(=O)C=C[C@]12C. The molecule has 2 aliphatic carbocycles. The van der Waals surface area contributed by atoms with Crippen molar-refractivity contribution in [3.05, 3.63) is 48.0 Å². The number of rotatable bonds is 5. The molecule has 0 amide bonds. The van der Waals surface area contributed by atoms with Gasteiger partial charge in [0.05, 0.1) is 25.4 Å². The first-order chi connectivity index (χ1) is 14.4. The molecule has 1 saturated heterocycles. The summed E-state index contributed by atoms with van der Waals surface area (Å²) in [6.45, 7) is 14.1. The van der Waals surface area contributed by atoms with Gasteiger partial charge in [-0.05, 0) is 29.8 Å². The van der Waals surface area contributed by atoms with Gasteiger partial charge >= 0.3 is 0 Å². The van der Waals surface area contributed by atoms with Gasteiger partial charge in [-0.15, -0.1) is 0 Å². The number of ether oxygens (including phenoxy) is 2. The minimum atomic E-state index is -2.07. The summed E-state index contributed by atoms with van der Waals surface area (Å²) < 4.78 is 19.4. The van der Waals surface area contributed by atoms with Crippen LogP contribution >= 0.6 is 0 Å². The van der Waals surface area contributed by atoms with Crippen LogP contribution in [0.4, 0.5) is 0 Å².